The van der Waals surface area contributed by atoms with Gasteiger partial charge in [0.1, 0.15) is 0 Å². The van der Waals surface area contributed by atoms with Crippen molar-refractivity contribution in [2.24, 2.45) is 11.7 Å². The predicted molar refractivity (Wildman–Crippen MR) is 87.8 cm³/mol. The highest BCUT2D eigenvalue weighted by Crippen LogP contribution is 2.05. The highest BCUT2D eigenvalue weighted by Gasteiger charge is 2.14. The van der Waals surface area contributed by atoms with E-state index >= 15 is 0 Å². The summed E-state index contributed by atoms with van der Waals surface area (Å²) in [4.78, 5) is 14.3. The SMILES string of the molecule is CC(C)C(C)NC(=O)CN(CCCN)Cc1ccccc1. The zero-order valence-corrected chi connectivity index (χ0v) is 13.5. The van der Waals surface area contributed by atoms with Crippen LogP contribution in [0.2, 0.25) is 0 Å². The lowest BCUT2D eigenvalue weighted by Crippen LogP contribution is -2.43. The molecule has 1 aromatic rings. The van der Waals surface area contributed by atoms with E-state index in [0.717, 1.165) is 19.5 Å². The van der Waals surface area contributed by atoms with Crippen molar-refractivity contribution in [2.45, 2.75) is 39.8 Å². The fourth-order valence-corrected chi connectivity index (χ4v) is 2.04. The van der Waals surface area contributed by atoms with Crippen LogP contribution in [-0.2, 0) is 11.3 Å². The van der Waals surface area contributed by atoms with Crippen LogP contribution in [-0.4, -0.2) is 36.5 Å². The highest BCUT2D eigenvalue weighted by molar-refractivity contribution is 5.78. The predicted octanol–water partition coefficient (Wildman–Crippen LogP) is 2.00. The van der Waals surface area contributed by atoms with Crippen LogP contribution in [0.1, 0.15) is 32.8 Å². The Kier molecular flexibility index (Phi) is 8.01. The van der Waals surface area contributed by atoms with E-state index < -0.39 is 0 Å². The standard InChI is InChI=1S/C17H29N3O/c1-14(2)15(3)19-17(21)13-20(11-7-10-18)12-16-8-5-4-6-9-16/h4-6,8-9,14-15H,7,10-13,18H2,1-3H3,(H,19,21). The first-order valence-corrected chi connectivity index (χ1v) is 7.78. The quantitative estimate of drug-likeness (QED) is 0.731. The molecule has 0 bridgehead atoms. The maximum Gasteiger partial charge on any atom is 0.234 e. The highest BCUT2D eigenvalue weighted by atomic mass is 16.2. The fourth-order valence-electron chi connectivity index (χ4n) is 2.04. The summed E-state index contributed by atoms with van der Waals surface area (Å²) in [5.74, 6) is 0.532. The number of carbonyl (C=O) groups is 1. The van der Waals surface area contributed by atoms with Crippen LogP contribution in [0.15, 0.2) is 30.3 Å². The van der Waals surface area contributed by atoms with Crippen LogP contribution >= 0.6 is 0 Å². The molecule has 0 heterocycles. The minimum Gasteiger partial charge on any atom is -0.352 e. The summed E-state index contributed by atoms with van der Waals surface area (Å²) >= 11 is 0. The zero-order chi connectivity index (χ0) is 15.7. The van der Waals surface area contributed by atoms with E-state index in [1.54, 1.807) is 0 Å². The second-order valence-electron chi connectivity index (χ2n) is 5.94. The Hall–Kier alpha value is -1.39. The smallest absolute Gasteiger partial charge is 0.234 e. The second-order valence-corrected chi connectivity index (χ2v) is 5.94. The zero-order valence-electron chi connectivity index (χ0n) is 13.5. The van der Waals surface area contributed by atoms with Gasteiger partial charge in [0.05, 0.1) is 6.54 Å². The normalized spacial score (nSPS) is 12.7. The number of benzene rings is 1. The van der Waals surface area contributed by atoms with Crippen LogP contribution in [0.4, 0.5) is 0 Å². The fraction of sp³-hybridized carbons (Fsp3) is 0.588. The molecule has 1 unspecified atom stereocenters. The number of amides is 1. The van der Waals surface area contributed by atoms with Crippen molar-refractivity contribution in [1.29, 1.82) is 0 Å². The van der Waals surface area contributed by atoms with Crippen molar-refractivity contribution in [3.05, 3.63) is 35.9 Å². The Morgan fingerprint density at radius 1 is 1.24 bits per heavy atom. The molecule has 0 aromatic heterocycles. The second kappa shape index (κ2) is 9.53. The van der Waals surface area contributed by atoms with Crippen molar-refractivity contribution < 1.29 is 4.79 Å². The molecule has 1 atom stereocenters. The Labute approximate surface area is 128 Å². The van der Waals surface area contributed by atoms with Gasteiger partial charge in [0.15, 0.2) is 0 Å². The maximum absolute atomic E-state index is 12.1. The van der Waals surface area contributed by atoms with Gasteiger partial charge in [0, 0.05) is 19.1 Å². The number of rotatable bonds is 9. The van der Waals surface area contributed by atoms with Gasteiger partial charge in [-0.25, -0.2) is 0 Å². The lowest BCUT2D eigenvalue weighted by molar-refractivity contribution is -0.123. The van der Waals surface area contributed by atoms with Crippen LogP contribution in [0.3, 0.4) is 0 Å². The molecular weight excluding hydrogens is 262 g/mol. The molecule has 118 valence electrons. The topological polar surface area (TPSA) is 58.4 Å². The summed E-state index contributed by atoms with van der Waals surface area (Å²) in [7, 11) is 0. The van der Waals surface area contributed by atoms with Crippen LogP contribution in [0.25, 0.3) is 0 Å². The molecule has 1 rings (SSSR count). The minimum atomic E-state index is 0.0872. The van der Waals surface area contributed by atoms with Crippen molar-refractivity contribution >= 4 is 5.91 Å². The van der Waals surface area contributed by atoms with Gasteiger partial charge >= 0.3 is 0 Å². The molecule has 4 nitrogen and oxygen atoms in total. The molecule has 21 heavy (non-hydrogen) atoms. The number of nitrogens with zero attached hydrogens (tertiary/aromatic N) is 1. The van der Waals surface area contributed by atoms with Gasteiger partial charge in [-0.1, -0.05) is 44.2 Å². The lowest BCUT2D eigenvalue weighted by atomic mass is 10.1. The largest absolute Gasteiger partial charge is 0.352 e. The third kappa shape index (κ3) is 7.25. The molecule has 1 aromatic carbocycles. The minimum absolute atomic E-state index is 0.0872. The van der Waals surface area contributed by atoms with E-state index in [2.05, 4.69) is 36.2 Å². The third-order valence-electron chi connectivity index (χ3n) is 3.68. The Morgan fingerprint density at radius 3 is 2.48 bits per heavy atom. The molecule has 0 saturated carbocycles. The lowest BCUT2D eigenvalue weighted by Gasteiger charge is -2.24. The average molecular weight is 291 g/mol. The Morgan fingerprint density at radius 2 is 1.90 bits per heavy atom. The van der Waals surface area contributed by atoms with Crippen molar-refractivity contribution in [3.8, 4) is 0 Å². The molecule has 3 N–H and O–H groups in total. The average Bonchev–Trinajstić information content (AvgIpc) is 2.45. The number of hydrogen-bond donors (Lipinski definition) is 2. The molecule has 0 spiro atoms. The molecule has 0 fully saturated rings. The molecule has 0 aliphatic rings. The third-order valence-corrected chi connectivity index (χ3v) is 3.68. The molecule has 0 aliphatic carbocycles. The van der Waals surface area contributed by atoms with Crippen molar-refractivity contribution in [2.75, 3.05) is 19.6 Å². The number of hydrogen-bond acceptors (Lipinski definition) is 3. The van der Waals surface area contributed by atoms with Gasteiger partial charge in [0.2, 0.25) is 5.91 Å². The van der Waals surface area contributed by atoms with Crippen molar-refractivity contribution in [1.82, 2.24) is 10.2 Å². The summed E-state index contributed by atoms with van der Waals surface area (Å²) in [5, 5.41) is 3.06. The van der Waals surface area contributed by atoms with Gasteiger partial charge in [-0.2, -0.15) is 0 Å². The molecule has 0 saturated heterocycles. The van der Waals surface area contributed by atoms with Gasteiger partial charge in [-0.3, -0.25) is 9.69 Å². The van der Waals surface area contributed by atoms with Crippen LogP contribution in [0, 0.1) is 5.92 Å². The number of nitrogens with one attached hydrogen (secondary N) is 1. The summed E-state index contributed by atoms with van der Waals surface area (Å²) < 4.78 is 0. The summed E-state index contributed by atoms with van der Waals surface area (Å²) in [6, 6.07) is 10.4. The van der Waals surface area contributed by atoms with E-state index in [9.17, 15) is 4.79 Å². The summed E-state index contributed by atoms with van der Waals surface area (Å²) in [6.07, 6.45) is 0.903. The molecule has 0 aliphatic heterocycles. The summed E-state index contributed by atoms with van der Waals surface area (Å²) in [6.45, 7) is 8.96. The molecule has 0 radical (unpaired) electrons. The first kappa shape index (κ1) is 17.7. The van der Waals surface area contributed by atoms with E-state index in [1.165, 1.54) is 5.56 Å². The van der Waals surface area contributed by atoms with Gasteiger partial charge in [-0.15, -0.1) is 0 Å². The van der Waals surface area contributed by atoms with Crippen LogP contribution in [0.5, 0.6) is 0 Å². The number of carbonyl (C=O) groups excluding carboxylic acids is 1. The molecule has 1 amide bonds. The van der Waals surface area contributed by atoms with E-state index in [0.29, 0.717) is 19.0 Å². The van der Waals surface area contributed by atoms with Crippen molar-refractivity contribution in [3.63, 3.8) is 0 Å². The Balaban J connectivity index is 2.55. The first-order chi connectivity index (χ1) is 10.0. The van der Waals surface area contributed by atoms with E-state index in [-0.39, 0.29) is 11.9 Å². The number of nitrogens with two attached hydrogens (primary N) is 1. The molecule has 4 heteroatoms. The van der Waals surface area contributed by atoms with Gasteiger partial charge in [0.25, 0.3) is 0 Å². The molecular formula is C17H29N3O. The van der Waals surface area contributed by atoms with Crippen LogP contribution < -0.4 is 11.1 Å². The van der Waals surface area contributed by atoms with Gasteiger partial charge in [-0.05, 0) is 31.4 Å². The monoisotopic (exact) mass is 291 g/mol. The Bertz CT molecular complexity index is 406. The maximum atomic E-state index is 12.1. The van der Waals surface area contributed by atoms with E-state index in [4.69, 9.17) is 5.73 Å². The van der Waals surface area contributed by atoms with E-state index in [1.807, 2.05) is 25.1 Å². The van der Waals surface area contributed by atoms with Gasteiger partial charge < -0.3 is 11.1 Å². The first-order valence-electron chi connectivity index (χ1n) is 7.78. The summed E-state index contributed by atoms with van der Waals surface area (Å²) in [5.41, 5.74) is 6.82.